The van der Waals surface area contributed by atoms with Crippen molar-refractivity contribution in [2.24, 2.45) is 5.92 Å². The number of phenols is 1. The van der Waals surface area contributed by atoms with Crippen LogP contribution in [0.1, 0.15) is 12.5 Å². The van der Waals surface area contributed by atoms with Crippen LogP contribution in [0.4, 0.5) is 5.69 Å². The summed E-state index contributed by atoms with van der Waals surface area (Å²) in [5.74, 6) is -1.60. The zero-order valence-electron chi connectivity index (χ0n) is 14.6. The zero-order valence-corrected chi connectivity index (χ0v) is 15.3. The number of carbonyl (C=O) groups excluding carboxylic acids is 2. The fourth-order valence-electron chi connectivity index (χ4n) is 2.69. The molecule has 0 aliphatic rings. The summed E-state index contributed by atoms with van der Waals surface area (Å²) < 4.78 is 1.73. The van der Waals surface area contributed by atoms with Crippen molar-refractivity contribution in [3.8, 4) is 11.4 Å². The first kappa shape index (κ1) is 18.7. The van der Waals surface area contributed by atoms with Crippen LogP contribution in [0.3, 0.4) is 0 Å². The molecule has 1 heterocycles. The average Bonchev–Trinajstić information content (AvgIpc) is 3.17. The van der Waals surface area contributed by atoms with Gasteiger partial charge in [-0.1, -0.05) is 23.7 Å². The van der Waals surface area contributed by atoms with Crippen LogP contribution in [-0.4, -0.2) is 26.6 Å². The number of Topliss-reactive ketones (excluding diaryl/α,β-unsaturated/α-hetero) is 1. The van der Waals surface area contributed by atoms with E-state index in [1.165, 1.54) is 25.1 Å². The van der Waals surface area contributed by atoms with Gasteiger partial charge in [-0.3, -0.25) is 9.59 Å². The van der Waals surface area contributed by atoms with Crippen molar-refractivity contribution in [1.29, 1.82) is 0 Å². The number of amides is 1. The number of anilines is 1. The number of phenolic OH excluding ortho intramolecular Hbond substituents is 1. The summed E-state index contributed by atoms with van der Waals surface area (Å²) in [5.41, 5.74) is 2.00. The number of halogens is 1. The summed E-state index contributed by atoms with van der Waals surface area (Å²) in [7, 11) is 0. The maximum absolute atomic E-state index is 12.6. The van der Waals surface area contributed by atoms with Crippen LogP contribution < -0.4 is 5.32 Å². The first-order valence-corrected chi connectivity index (χ1v) is 8.70. The lowest BCUT2D eigenvalue weighted by molar-refractivity contribution is -0.129. The maximum atomic E-state index is 12.6. The molecule has 138 valence electrons. The van der Waals surface area contributed by atoms with E-state index >= 15 is 0 Å². The molecule has 0 aliphatic carbocycles. The molecule has 6 nitrogen and oxygen atoms in total. The molecule has 0 spiro atoms. The van der Waals surface area contributed by atoms with Gasteiger partial charge in [0.2, 0.25) is 5.91 Å². The molecule has 1 amide bonds. The van der Waals surface area contributed by atoms with Crippen molar-refractivity contribution in [2.75, 3.05) is 5.32 Å². The lowest BCUT2D eigenvalue weighted by atomic mass is 9.94. The Morgan fingerprint density at radius 2 is 1.96 bits per heavy atom. The van der Waals surface area contributed by atoms with Crippen LogP contribution in [0.2, 0.25) is 5.02 Å². The highest BCUT2D eigenvalue weighted by molar-refractivity contribution is 6.33. The molecule has 0 radical (unpaired) electrons. The van der Waals surface area contributed by atoms with Gasteiger partial charge >= 0.3 is 0 Å². The largest absolute Gasteiger partial charge is 0.508 e. The third kappa shape index (κ3) is 4.54. The van der Waals surface area contributed by atoms with Crippen molar-refractivity contribution < 1.29 is 14.7 Å². The van der Waals surface area contributed by atoms with Crippen LogP contribution in [0.25, 0.3) is 5.69 Å². The van der Waals surface area contributed by atoms with E-state index in [1.807, 2.05) is 36.5 Å². The minimum Gasteiger partial charge on any atom is -0.508 e. The van der Waals surface area contributed by atoms with Gasteiger partial charge < -0.3 is 10.4 Å². The van der Waals surface area contributed by atoms with E-state index in [2.05, 4.69) is 10.4 Å². The van der Waals surface area contributed by atoms with Gasteiger partial charge in [0.15, 0.2) is 0 Å². The molecule has 0 saturated heterocycles. The molecule has 2 N–H and O–H groups in total. The lowest BCUT2D eigenvalue weighted by Crippen LogP contribution is -2.30. The highest BCUT2D eigenvalue weighted by atomic mass is 35.5. The zero-order chi connectivity index (χ0) is 19.4. The summed E-state index contributed by atoms with van der Waals surface area (Å²) >= 11 is 6.03. The van der Waals surface area contributed by atoms with Crippen molar-refractivity contribution in [1.82, 2.24) is 9.78 Å². The fraction of sp³-hybridized carbons (Fsp3) is 0.150. The number of carbonyl (C=O) groups is 2. The molecule has 3 rings (SSSR count). The van der Waals surface area contributed by atoms with Gasteiger partial charge in [-0.05, 0) is 49.2 Å². The van der Waals surface area contributed by atoms with E-state index in [0.29, 0.717) is 0 Å². The van der Waals surface area contributed by atoms with Crippen LogP contribution in [0.5, 0.6) is 5.75 Å². The van der Waals surface area contributed by atoms with Gasteiger partial charge in [0.25, 0.3) is 0 Å². The van der Waals surface area contributed by atoms with Crippen LogP contribution in [0.15, 0.2) is 60.9 Å². The molecule has 1 aromatic heterocycles. The SMILES string of the molecule is CC(=O)C(Cc1ccc(-n2cccn2)cc1)C(=O)Nc1cc(O)ccc1Cl. The van der Waals surface area contributed by atoms with Gasteiger partial charge in [-0.2, -0.15) is 5.10 Å². The monoisotopic (exact) mass is 383 g/mol. The van der Waals surface area contributed by atoms with E-state index < -0.39 is 11.8 Å². The van der Waals surface area contributed by atoms with E-state index in [1.54, 1.807) is 10.9 Å². The van der Waals surface area contributed by atoms with Crippen molar-refractivity contribution in [3.63, 3.8) is 0 Å². The molecule has 0 saturated carbocycles. The quantitative estimate of drug-likeness (QED) is 0.637. The van der Waals surface area contributed by atoms with E-state index in [0.717, 1.165) is 11.3 Å². The molecule has 3 aromatic rings. The van der Waals surface area contributed by atoms with Crippen LogP contribution >= 0.6 is 11.6 Å². The van der Waals surface area contributed by atoms with E-state index in [4.69, 9.17) is 11.6 Å². The average molecular weight is 384 g/mol. The Hall–Kier alpha value is -3.12. The molecule has 1 atom stereocenters. The number of rotatable bonds is 6. The molecule has 0 aliphatic heterocycles. The third-order valence-electron chi connectivity index (χ3n) is 4.16. The van der Waals surface area contributed by atoms with Gasteiger partial charge in [0.05, 0.1) is 16.4 Å². The Morgan fingerprint density at radius 1 is 1.22 bits per heavy atom. The topological polar surface area (TPSA) is 84.2 Å². The first-order chi connectivity index (χ1) is 12.9. The van der Waals surface area contributed by atoms with Crippen molar-refractivity contribution in [2.45, 2.75) is 13.3 Å². The summed E-state index contributed by atoms with van der Waals surface area (Å²) in [6.07, 6.45) is 3.79. The number of nitrogens with one attached hydrogen (secondary N) is 1. The molecule has 0 fully saturated rings. The number of ketones is 1. The third-order valence-corrected chi connectivity index (χ3v) is 4.49. The number of hydrogen-bond donors (Lipinski definition) is 2. The number of hydrogen-bond acceptors (Lipinski definition) is 4. The van der Waals surface area contributed by atoms with Gasteiger partial charge in [-0.25, -0.2) is 4.68 Å². The highest BCUT2D eigenvalue weighted by Crippen LogP contribution is 2.27. The Morgan fingerprint density at radius 3 is 2.59 bits per heavy atom. The second-order valence-electron chi connectivity index (χ2n) is 6.14. The summed E-state index contributed by atoms with van der Waals surface area (Å²) in [6.45, 7) is 1.38. The Bertz CT molecular complexity index is 953. The lowest BCUT2D eigenvalue weighted by Gasteiger charge is -2.15. The predicted octanol–water partition coefficient (Wildman–Crippen LogP) is 3.62. The molecule has 1 unspecified atom stereocenters. The minimum absolute atomic E-state index is 0.0247. The van der Waals surface area contributed by atoms with E-state index in [-0.39, 0.29) is 28.7 Å². The first-order valence-electron chi connectivity index (χ1n) is 8.33. The highest BCUT2D eigenvalue weighted by Gasteiger charge is 2.24. The Kier molecular flexibility index (Phi) is 5.57. The molecular formula is C20H18ClN3O3. The second kappa shape index (κ2) is 8.05. The molecule has 7 heteroatoms. The van der Waals surface area contributed by atoms with Gasteiger partial charge in [0, 0.05) is 18.5 Å². The smallest absolute Gasteiger partial charge is 0.235 e. The predicted molar refractivity (Wildman–Crippen MR) is 103 cm³/mol. The second-order valence-corrected chi connectivity index (χ2v) is 6.55. The van der Waals surface area contributed by atoms with Crippen LogP contribution in [-0.2, 0) is 16.0 Å². The molecule has 27 heavy (non-hydrogen) atoms. The molecule has 2 aromatic carbocycles. The Labute approximate surface area is 161 Å². The van der Waals surface area contributed by atoms with Crippen LogP contribution in [0, 0.1) is 5.92 Å². The van der Waals surface area contributed by atoms with Crippen molar-refractivity contribution >= 4 is 29.0 Å². The minimum atomic E-state index is -0.862. The van der Waals surface area contributed by atoms with Gasteiger partial charge in [0.1, 0.15) is 17.5 Å². The summed E-state index contributed by atoms with van der Waals surface area (Å²) in [4.78, 5) is 24.6. The number of benzene rings is 2. The number of aromatic nitrogens is 2. The molecule has 0 bridgehead atoms. The number of aromatic hydroxyl groups is 1. The van der Waals surface area contributed by atoms with E-state index in [9.17, 15) is 14.7 Å². The van der Waals surface area contributed by atoms with Crippen molar-refractivity contribution in [3.05, 3.63) is 71.5 Å². The maximum Gasteiger partial charge on any atom is 0.235 e. The Balaban J connectivity index is 1.74. The van der Waals surface area contributed by atoms with Gasteiger partial charge in [-0.15, -0.1) is 0 Å². The fourth-order valence-corrected chi connectivity index (χ4v) is 2.86. The number of nitrogens with zero attached hydrogens (tertiary/aromatic N) is 2. The summed E-state index contributed by atoms with van der Waals surface area (Å²) in [5, 5.41) is 16.6. The normalized spacial score (nSPS) is 11.8. The standard InChI is InChI=1S/C20H18ClN3O3/c1-13(25)17(20(27)23-19-12-16(26)7-8-18(19)21)11-14-3-5-15(6-4-14)24-10-2-9-22-24/h2-10,12,17,26H,11H2,1H3,(H,23,27). The molecular weight excluding hydrogens is 366 g/mol. The summed E-state index contributed by atoms with van der Waals surface area (Å²) in [6, 6.07) is 13.5.